The van der Waals surface area contributed by atoms with Gasteiger partial charge in [-0.3, -0.25) is 0 Å². The minimum absolute atomic E-state index is 0. The molecule has 0 fully saturated rings. The number of hydrogen-bond acceptors (Lipinski definition) is 0. The summed E-state index contributed by atoms with van der Waals surface area (Å²) >= 11 is 0. The van der Waals surface area contributed by atoms with E-state index in [2.05, 4.69) is 20.8 Å². The van der Waals surface area contributed by atoms with Crippen molar-refractivity contribution in [2.75, 3.05) is 24.6 Å². The van der Waals surface area contributed by atoms with E-state index in [-0.39, 0.29) is 12.4 Å². The Labute approximate surface area is 240 Å². The highest BCUT2D eigenvalue weighted by molar-refractivity contribution is 7.76. The third-order valence-electron chi connectivity index (χ3n) is 7.64. The fraction of sp³-hybridized carbons (Fsp3) is 1.00. The topological polar surface area (TPSA) is 0 Å². The van der Waals surface area contributed by atoms with Crippen LogP contribution < -0.4 is 12.4 Å². The summed E-state index contributed by atoms with van der Waals surface area (Å²) in [5, 5.41) is 0. The Morgan fingerprint density at radius 2 is 0.769 bits per heavy atom. The Balaban J connectivity index is 0. The van der Waals surface area contributed by atoms with Crippen LogP contribution in [-0.2, 0) is 0 Å². The molecule has 0 nitrogen and oxygen atoms in total. The Morgan fingerprint density at radius 3 is 1.05 bits per heavy atom. The molecule has 0 atom stereocenters. The molecule has 0 aromatic rings. The third kappa shape index (κ3) is 15.3. The summed E-state index contributed by atoms with van der Waals surface area (Å²) in [7, 11) is -2.79. The average Bonchev–Trinajstić information content (AvgIpc) is 2.85. The molecule has 0 aliphatic rings. The van der Waals surface area contributed by atoms with Crippen molar-refractivity contribution >= 4 is 7.26 Å². The van der Waals surface area contributed by atoms with Gasteiger partial charge in [-0.1, -0.05) is 97.8 Å². The van der Waals surface area contributed by atoms with E-state index in [4.69, 9.17) is 0 Å². The largest absolute Gasteiger partial charge is 1.00 e. The lowest BCUT2D eigenvalue weighted by Gasteiger charge is -2.37. The van der Waals surface area contributed by atoms with Crippen molar-refractivity contribution < 1.29 is 47.5 Å². The number of rotatable bonds is 26. The van der Waals surface area contributed by atoms with Crippen LogP contribution in [0.5, 0.6) is 0 Å². The Morgan fingerprint density at radius 1 is 0.487 bits per heavy atom. The molecule has 0 bridgehead atoms. The van der Waals surface area contributed by atoms with Crippen LogP contribution in [0.15, 0.2) is 0 Å². The van der Waals surface area contributed by atoms with Gasteiger partial charge in [-0.25, -0.2) is 8.78 Å². The zero-order valence-electron chi connectivity index (χ0n) is 24.5. The highest BCUT2D eigenvalue weighted by Gasteiger charge is 2.77. The van der Waals surface area contributed by atoms with Gasteiger partial charge in [-0.05, 0) is 38.5 Å². The van der Waals surface area contributed by atoms with Gasteiger partial charge in [0.2, 0.25) is 0 Å². The van der Waals surface area contributed by atoms with Crippen LogP contribution in [0.25, 0.3) is 0 Å². The van der Waals surface area contributed by atoms with Crippen molar-refractivity contribution in [1.82, 2.24) is 0 Å². The fourth-order valence-electron chi connectivity index (χ4n) is 5.16. The SMILES string of the molecule is CCCCCCCC[P+](CCCCCCCC)(CCCCCCCC)CC(F)(F)C(F)(F)C(F)(F)C(F)F.[Cl-]. The van der Waals surface area contributed by atoms with Crippen LogP contribution in [0.1, 0.15) is 136 Å². The molecule has 0 aromatic carbocycles. The second-order valence-corrected chi connectivity index (χ2v) is 15.5. The normalized spacial score (nSPS) is 13.2. The number of halogens is 9. The van der Waals surface area contributed by atoms with Crippen LogP contribution in [-0.4, -0.2) is 48.8 Å². The van der Waals surface area contributed by atoms with Gasteiger partial charge < -0.3 is 12.4 Å². The molecule has 0 aromatic heterocycles. The van der Waals surface area contributed by atoms with E-state index >= 15 is 8.78 Å². The number of unbranched alkanes of at least 4 members (excludes halogenated alkanes) is 15. The standard InChI is InChI=1S/C29H54F8P.ClH/c1-4-7-10-13-16-19-22-38(23-20-17-14-11-8-5-2,24-21-18-15-12-9-6-3)25-27(32,33)29(36,37)28(34,35)26(30)31;/h26H,4-25H2,1-3H3;1H/q+1;/p-1. The summed E-state index contributed by atoms with van der Waals surface area (Å²) in [6.07, 6.45) is 11.0. The van der Waals surface area contributed by atoms with Crippen LogP contribution in [0.3, 0.4) is 0 Å². The van der Waals surface area contributed by atoms with Gasteiger partial charge in [0.25, 0.3) is 0 Å². The molecule has 0 spiro atoms. The van der Waals surface area contributed by atoms with Crippen LogP contribution in [0, 0.1) is 0 Å². The maximum absolute atomic E-state index is 15.0. The molecule has 238 valence electrons. The molecular weight excluding hydrogens is 567 g/mol. The van der Waals surface area contributed by atoms with Gasteiger partial charge in [0.1, 0.15) is 6.16 Å². The minimum Gasteiger partial charge on any atom is -1.00 e. The van der Waals surface area contributed by atoms with Gasteiger partial charge in [0.05, 0.1) is 18.5 Å². The van der Waals surface area contributed by atoms with Gasteiger partial charge in [-0.2, -0.15) is 26.3 Å². The molecule has 10 heteroatoms. The molecule has 0 aliphatic heterocycles. The first kappa shape index (κ1) is 41.3. The van der Waals surface area contributed by atoms with E-state index in [1.165, 1.54) is 0 Å². The third-order valence-corrected chi connectivity index (χ3v) is 12.5. The van der Waals surface area contributed by atoms with Gasteiger partial charge >= 0.3 is 24.2 Å². The quantitative estimate of drug-likeness (QED) is 0.0514. The Bertz CT molecular complexity index is 535. The molecule has 0 saturated heterocycles. The van der Waals surface area contributed by atoms with Crippen LogP contribution in [0.2, 0.25) is 0 Å². The predicted octanol–water partition coefficient (Wildman–Crippen LogP) is 9.26. The van der Waals surface area contributed by atoms with Gasteiger partial charge in [-0.15, -0.1) is 0 Å². The highest BCUT2D eigenvalue weighted by atomic mass is 35.5. The molecule has 0 amide bonds. The first-order valence-corrected chi connectivity index (χ1v) is 17.6. The van der Waals surface area contributed by atoms with Crippen molar-refractivity contribution in [2.45, 2.75) is 161 Å². The molecule has 0 heterocycles. The van der Waals surface area contributed by atoms with E-state index in [0.717, 1.165) is 96.3 Å². The fourth-order valence-corrected chi connectivity index (χ4v) is 10.0. The van der Waals surface area contributed by atoms with Crippen molar-refractivity contribution in [1.29, 1.82) is 0 Å². The number of alkyl halides is 8. The smallest absolute Gasteiger partial charge is 0.381 e. The maximum Gasteiger partial charge on any atom is 0.381 e. The van der Waals surface area contributed by atoms with Crippen molar-refractivity contribution in [3.05, 3.63) is 0 Å². The van der Waals surface area contributed by atoms with E-state index in [9.17, 15) is 26.3 Å². The van der Waals surface area contributed by atoms with Crippen LogP contribution >= 0.6 is 7.26 Å². The summed E-state index contributed by atoms with van der Waals surface area (Å²) in [6, 6.07) is 0. The number of hydrogen-bond donors (Lipinski definition) is 0. The lowest BCUT2D eigenvalue weighted by molar-refractivity contribution is -0.332. The van der Waals surface area contributed by atoms with Crippen LogP contribution in [0.4, 0.5) is 35.1 Å². The molecule has 0 saturated carbocycles. The lowest BCUT2D eigenvalue weighted by Crippen LogP contribution is -3.00. The summed E-state index contributed by atoms with van der Waals surface area (Å²) in [4.78, 5) is 0. The Kier molecular flexibility index (Phi) is 23.1. The van der Waals surface area contributed by atoms with Gasteiger partial charge in [0.15, 0.2) is 0 Å². The minimum atomic E-state index is -6.09. The van der Waals surface area contributed by atoms with E-state index < -0.39 is 37.6 Å². The molecular formula is C29H54ClF8P. The summed E-state index contributed by atoms with van der Waals surface area (Å²) in [6.45, 7) is 6.24. The van der Waals surface area contributed by atoms with Crippen molar-refractivity contribution in [3.63, 3.8) is 0 Å². The first-order chi connectivity index (χ1) is 17.8. The zero-order valence-corrected chi connectivity index (χ0v) is 26.1. The second-order valence-electron chi connectivity index (χ2n) is 11.2. The predicted molar refractivity (Wildman–Crippen MR) is 147 cm³/mol. The molecule has 0 rings (SSSR count). The molecule has 0 unspecified atom stereocenters. The average molecular weight is 621 g/mol. The van der Waals surface area contributed by atoms with E-state index in [0.29, 0.717) is 37.7 Å². The highest BCUT2D eigenvalue weighted by Crippen LogP contribution is 2.66. The zero-order chi connectivity index (χ0) is 29.1. The summed E-state index contributed by atoms with van der Waals surface area (Å²) in [5.41, 5.74) is 0. The lowest BCUT2D eigenvalue weighted by atomic mass is 10.1. The molecule has 0 N–H and O–H groups in total. The summed E-state index contributed by atoms with van der Waals surface area (Å²) in [5.74, 6) is -17.4. The van der Waals surface area contributed by atoms with Gasteiger partial charge in [0, 0.05) is 7.26 Å². The maximum atomic E-state index is 15.0. The molecule has 0 radical (unpaired) electrons. The Hall–Kier alpha value is 0.160. The summed E-state index contributed by atoms with van der Waals surface area (Å²) < 4.78 is 112. The second kappa shape index (κ2) is 21.8. The van der Waals surface area contributed by atoms with E-state index in [1.807, 2.05) is 0 Å². The molecule has 0 aliphatic carbocycles. The first-order valence-electron chi connectivity index (χ1n) is 15.1. The van der Waals surface area contributed by atoms with Crippen molar-refractivity contribution in [3.8, 4) is 0 Å². The van der Waals surface area contributed by atoms with E-state index in [1.54, 1.807) is 0 Å². The monoisotopic (exact) mass is 620 g/mol. The van der Waals surface area contributed by atoms with Crippen molar-refractivity contribution in [2.24, 2.45) is 0 Å². The molecule has 39 heavy (non-hydrogen) atoms.